The van der Waals surface area contributed by atoms with Crippen LogP contribution in [0.3, 0.4) is 0 Å². The lowest BCUT2D eigenvalue weighted by molar-refractivity contribution is -0.226. The van der Waals surface area contributed by atoms with Crippen molar-refractivity contribution in [3.05, 3.63) is 0 Å². The molecule has 0 saturated carbocycles. The van der Waals surface area contributed by atoms with Gasteiger partial charge in [0.1, 0.15) is 18.8 Å². The molecule has 4 fully saturated rings. The Hall–Kier alpha value is -1.75. The van der Waals surface area contributed by atoms with Crippen LogP contribution >= 0.6 is 0 Å². The highest BCUT2D eigenvalue weighted by molar-refractivity contribution is 5.95. The molecule has 10 nitrogen and oxygen atoms in total. The highest BCUT2D eigenvalue weighted by atomic mass is 16.8. The zero-order valence-electron chi connectivity index (χ0n) is 14.9. The predicted molar refractivity (Wildman–Crippen MR) is 82.4 cm³/mol. The molecule has 0 N–H and O–H groups in total. The van der Waals surface area contributed by atoms with Gasteiger partial charge < -0.3 is 18.9 Å². The predicted octanol–water partition coefficient (Wildman–Crippen LogP) is -0.195. The number of ether oxygens (including phenoxy) is 4. The fourth-order valence-electron chi connectivity index (χ4n) is 4.13. The lowest BCUT2D eigenvalue weighted by Gasteiger charge is -2.28. The first kappa shape index (κ1) is 17.7. The molecule has 2 amide bonds. The molecule has 5 atom stereocenters. The van der Waals surface area contributed by atoms with E-state index in [9.17, 15) is 14.4 Å². The van der Waals surface area contributed by atoms with Crippen molar-refractivity contribution in [2.45, 2.75) is 62.9 Å². The number of imide groups is 1. The Kier molecular flexibility index (Phi) is 4.18. The zero-order valence-corrected chi connectivity index (χ0v) is 14.9. The van der Waals surface area contributed by atoms with E-state index in [0.717, 1.165) is 4.90 Å². The van der Waals surface area contributed by atoms with Crippen molar-refractivity contribution in [3.63, 3.8) is 0 Å². The number of amides is 2. The molecule has 0 spiro atoms. The molecule has 0 unspecified atom stereocenters. The smallest absolute Gasteiger partial charge is 0.416 e. The van der Waals surface area contributed by atoms with Gasteiger partial charge in [-0.1, -0.05) is 0 Å². The highest BCUT2D eigenvalue weighted by Crippen LogP contribution is 2.46. The summed E-state index contributed by atoms with van der Waals surface area (Å²) in [7, 11) is 1.32. The maximum absolute atomic E-state index is 12.6. The van der Waals surface area contributed by atoms with Crippen molar-refractivity contribution in [2.24, 2.45) is 0 Å². The van der Waals surface area contributed by atoms with E-state index in [1.54, 1.807) is 5.06 Å². The Morgan fingerprint density at radius 3 is 2.65 bits per heavy atom. The van der Waals surface area contributed by atoms with Crippen LogP contribution in [0.25, 0.3) is 0 Å². The average molecular weight is 370 g/mol. The first-order valence-electron chi connectivity index (χ1n) is 8.66. The first-order valence-corrected chi connectivity index (χ1v) is 8.66. The van der Waals surface area contributed by atoms with Gasteiger partial charge in [0.25, 0.3) is 5.91 Å². The number of esters is 1. The number of carbonyl (C=O) groups is 3. The normalized spacial score (nSPS) is 38.2. The van der Waals surface area contributed by atoms with E-state index in [-0.39, 0.29) is 37.8 Å². The van der Waals surface area contributed by atoms with Crippen LogP contribution in [0.5, 0.6) is 0 Å². The molecule has 4 rings (SSSR count). The molecular weight excluding hydrogens is 348 g/mol. The minimum atomic E-state index is -0.820. The third kappa shape index (κ3) is 2.77. The molecular formula is C16H22N2O8. The summed E-state index contributed by atoms with van der Waals surface area (Å²) in [5.74, 6) is -1.62. The largest absolute Gasteiger partial charge is 0.469 e. The molecule has 0 aromatic carbocycles. The maximum atomic E-state index is 12.6. The topological polar surface area (TPSA) is 104 Å². The summed E-state index contributed by atoms with van der Waals surface area (Å²) >= 11 is 0. The quantitative estimate of drug-likeness (QED) is 0.625. The van der Waals surface area contributed by atoms with Gasteiger partial charge in [-0.3, -0.25) is 14.4 Å². The number of carbonyl (C=O) groups excluding carboxylic acids is 3. The lowest BCUT2D eigenvalue weighted by Crippen LogP contribution is -2.43. The molecule has 4 heterocycles. The number of nitrogens with zero attached hydrogens (tertiary/aromatic N) is 2. The van der Waals surface area contributed by atoms with Crippen LogP contribution in [0.15, 0.2) is 0 Å². The van der Waals surface area contributed by atoms with E-state index in [1.807, 2.05) is 13.8 Å². The summed E-state index contributed by atoms with van der Waals surface area (Å²) < 4.78 is 21.5. The van der Waals surface area contributed by atoms with Crippen molar-refractivity contribution in [1.29, 1.82) is 0 Å². The number of hydroxylamine groups is 2. The standard InChI is InChI=1S/C16H22N2O8/c1-16(2)24-12-8-6-10(14(20)17-4-5-23-15(17)21)26-18(8)9(13(12)25-16)7-11(19)22-3/h8-10,12-13H,4-7H2,1-3H3/t8-,9+,10-,12-,13+/m0/s1. The monoisotopic (exact) mass is 370 g/mol. The summed E-state index contributed by atoms with van der Waals surface area (Å²) in [6.45, 7) is 4.02. The number of cyclic esters (lactones) is 1. The van der Waals surface area contributed by atoms with E-state index in [0.29, 0.717) is 6.42 Å². The second kappa shape index (κ2) is 6.15. The van der Waals surface area contributed by atoms with E-state index in [2.05, 4.69) is 0 Å². The summed E-state index contributed by atoms with van der Waals surface area (Å²) in [5, 5.41) is 1.62. The zero-order chi connectivity index (χ0) is 18.6. The minimum Gasteiger partial charge on any atom is -0.469 e. The Labute approximate surface area is 150 Å². The summed E-state index contributed by atoms with van der Waals surface area (Å²) in [6.07, 6.45) is -1.76. The number of methoxy groups -OCH3 is 1. The average Bonchev–Trinajstić information content (AvgIpc) is 3.31. The molecule has 0 radical (unpaired) electrons. The van der Waals surface area contributed by atoms with E-state index < -0.39 is 35.9 Å². The van der Waals surface area contributed by atoms with Crippen molar-refractivity contribution >= 4 is 18.0 Å². The van der Waals surface area contributed by atoms with E-state index in [4.69, 9.17) is 23.8 Å². The van der Waals surface area contributed by atoms with Gasteiger partial charge in [0.2, 0.25) is 0 Å². The van der Waals surface area contributed by atoms with E-state index in [1.165, 1.54) is 7.11 Å². The lowest BCUT2D eigenvalue weighted by atomic mass is 10.0. The Balaban J connectivity index is 1.53. The molecule has 4 aliphatic heterocycles. The number of fused-ring (bicyclic) bond motifs is 3. The van der Waals surface area contributed by atoms with Gasteiger partial charge in [0.05, 0.1) is 32.2 Å². The highest BCUT2D eigenvalue weighted by Gasteiger charge is 2.63. The van der Waals surface area contributed by atoms with Crippen molar-refractivity contribution in [3.8, 4) is 0 Å². The van der Waals surface area contributed by atoms with Crippen LogP contribution in [0.4, 0.5) is 4.79 Å². The van der Waals surface area contributed by atoms with Crippen LogP contribution in [0.2, 0.25) is 0 Å². The molecule has 4 aliphatic rings. The molecule has 144 valence electrons. The van der Waals surface area contributed by atoms with Crippen molar-refractivity contribution < 1.29 is 38.2 Å². The Bertz CT molecular complexity index is 638. The third-order valence-corrected chi connectivity index (χ3v) is 5.19. The molecule has 26 heavy (non-hydrogen) atoms. The maximum Gasteiger partial charge on any atom is 0.416 e. The first-order chi connectivity index (χ1) is 12.3. The van der Waals surface area contributed by atoms with Gasteiger partial charge in [-0.15, -0.1) is 0 Å². The van der Waals surface area contributed by atoms with Gasteiger partial charge in [-0.25, -0.2) is 9.69 Å². The summed E-state index contributed by atoms with van der Waals surface area (Å²) in [5.41, 5.74) is 0. The van der Waals surface area contributed by atoms with Gasteiger partial charge >= 0.3 is 12.1 Å². The summed E-state index contributed by atoms with van der Waals surface area (Å²) in [4.78, 5) is 43.0. The fourth-order valence-corrected chi connectivity index (χ4v) is 4.13. The second-order valence-electron chi connectivity index (χ2n) is 7.27. The molecule has 10 heteroatoms. The number of hydrogen-bond acceptors (Lipinski definition) is 9. The molecule has 4 saturated heterocycles. The molecule has 0 aromatic rings. The van der Waals surface area contributed by atoms with Crippen molar-refractivity contribution in [2.75, 3.05) is 20.3 Å². The number of hydrogen-bond donors (Lipinski definition) is 0. The van der Waals surface area contributed by atoms with Crippen LogP contribution in [-0.4, -0.2) is 84.4 Å². The third-order valence-electron chi connectivity index (χ3n) is 5.19. The molecule has 0 aromatic heterocycles. The van der Waals surface area contributed by atoms with Gasteiger partial charge in [0.15, 0.2) is 11.9 Å². The molecule has 0 bridgehead atoms. The fraction of sp³-hybridized carbons (Fsp3) is 0.812. The van der Waals surface area contributed by atoms with Crippen molar-refractivity contribution in [1.82, 2.24) is 9.96 Å². The van der Waals surface area contributed by atoms with Gasteiger partial charge in [-0.2, -0.15) is 5.06 Å². The van der Waals surface area contributed by atoms with Crippen LogP contribution in [0, 0.1) is 0 Å². The number of rotatable bonds is 3. The second-order valence-corrected chi connectivity index (χ2v) is 7.27. The van der Waals surface area contributed by atoms with Crippen LogP contribution < -0.4 is 0 Å². The Morgan fingerprint density at radius 2 is 2.00 bits per heavy atom. The van der Waals surface area contributed by atoms with E-state index >= 15 is 0 Å². The Morgan fingerprint density at radius 1 is 1.27 bits per heavy atom. The summed E-state index contributed by atoms with van der Waals surface area (Å²) in [6, 6.07) is -0.674. The minimum absolute atomic E-state index is 0.0558. The molecule has 0 aliphatic carbocycles. The van der Waals surface area contributed by atoms with Crippen LogP contribution in [0.1, 0.15) is 26.7 Å². The van der Waals surface area contributed by atoms with Crippen LogP contribution in [-0.2, 0) is 33.4 Å². The SMILES string of the molecule is COC(=O)C[C@@H]1[C@H]2OC(C)(C)O[C@H]2[C@@H]2C[C@@H](C(=O)N3CCOC3=O)ON12. The van der Waals surface area contributed by atoms with Gasteiger partial charge in [0, 0.05) is 6.42 Å². The van der Waals surface area contributed by atoms with Gasteiger partial charge in [-0.05, 0) is 13.8 Å².